The summed E-state index contributed by atoms with van der Waals surface area (Å²) in [7, 11) is 6.69. The molecule has 4 rings (SSSR count). The standard InChI is InChI=1S/C29H37N3O8/c1-6-13-9-14(7-8-16(33)12-31(2)3)23(34)20-17(13)10-15-11-18-22(32(4)5)25(36)21(28(30)39)27(38)29(18,40)26(37)19(15)24(20)35/h9,15,18,22,34-35,38,40H,6-8,10-12H2,1-5H3,(H2,30,39). The summed E-state index contributed by atoms with van der Waals surface area (Å²) >= 11 is 0. The first kappa shape index (κ1) is 29.4. The van der Waals surface area contributed by atoms with Crippen molar-refractivity contribution in [2.24, 2.45) is 17.6 Å². The Labute approximate surface area is 232 Å². The molecule has 11 heteroatoms. The second-order valence-electron chi connectivity index (χ2n) is 11.5. The number of benzene rings is 1. The van der Waals surface area contributed by atoms with E-state index < -0.39 is 58.0 Å². The Bertz CT molecular complexity index is 1380. The number of likely N-dealkylation sites (N-methyl/N-ethyl adjacent to an activating group) is 2. The van der Waals surface area contributed by atoms with Crippen molar-refractivity contribution < 1.29 is 39.6 Å². The number of rotatable bonds is 8. The van der Waals surface area contributed by atoms with Crippen LogP contribution in [0.15, 0.2) is 23.0 Å². The molecule has 0 heterocycles. The van der Waals surface area contributed by atoms with Crippen molar-refractivity contribution >= 4 is 29.0 Å². The molecule has 4 unspecified atom stereocenters. The number of hydrogen-bond donors (Lipinski definition) is 5. The maximum absolute atomic E-state index is 14.0. The lowest BCUT2D eigenvalue weighted by Crippen LogP contribution is -2.65. The number of fused-ring (bicyclic) bond motifs is 3. The lowest BCUT2D eigenvalue weighted by Gasteiger charge is -2.50. The van der Waals surface area contributed by atoms with Gasteiger partial charge in [-0.1, -0.05) is 13.0 Å². The van der Waals surface area contributed by atoms with E-state index in [4.69, 9.17) is 5.73 Å². The Morgan fingerprint density at radius 3 is 2.30 bits per heavy atom. The summed E-state index contributed by atoms with van der Waals surface area (Å²) < 4.78 is 0. The van der Waals surface area contributed by atoms with Crippen LogP contribution >= 0.6 is 0 Å². The Kier molecular flexibility index (Phi) is 7.70. The van der Waals surface area contributed by atoms with Crippen LogP contribution in [0, 0.1) is 11.8 Å². The van der Waals surface area contributed by atoms with E-state index in [-0.39, 0.29) is 54.9 Å². The van der Waals surface area contributed by atoms with Gasteiger partial charge in [0.1, 0.15) is 28.6 Å². The molecular weight excluding hydrogens is 518 g/mol. The number of nitrogens with zero attached hydrogens (tertiary/aromatic N) is 2. The summed E-state index contributed by atoms with van der Waals surface area (Å²) in [4.78, 5) is 54.8. The number of aryl methyl sites for hydroxylation is 2. The van der Waals surface area contributed by atoms with Gasteiger partial charge in [0.2, 0.25) is 5.78 Å². The van der Waals surface area contributed by atoms with E-state index in [1.54, 1.807) is 33.1 Å². The molecule has 0 spiro atoms. The van der Waals surface area contributed by atoms with E-state index in [0.717, 1.165) is 5.56 Å². The summed E-state index contributed by atoms with van der Waals surface area (Å²) in [6.45, 7) is 2.17. The highest BCUT2D eigenvalue weighted by molar-refractivity contribution is 6.24. The number of aromatic hydroxyl groups is 1. The van der Waals surface area contributed by atoms with Crippen LogP contribution < -0.4 is 5.73 Å². The largest absolute Gasteiger partial charge is 0.508 e. The zero-order valence-electron chi connectivity index (χ0n) is 23.4. The van der Waals surface area contributed by atoms with Crippen LogP contribution in [0.1, 0.15) is 42.0 Å². The van der Waals surface area contributed by atoms with Crippen molar-refractivity contribution in [2.45, 2.75) is 50.7 Å². The second kappa shape index (κ2) is 10.5. The average molecular weight is 556 g/mol. The Balaban J connectivity index is 1.87. The van der Waals surface area contributed by atoms with E-state index in [1.807, 2.05) is 13.0 Å². The molecule has 0 saturated heterocycles. The van der Waals surface area contributed by atoms with Crippen LogP contribution in [0.4, 0.5) is 0 Å². The number of carbonyl (C=O) groups is 4. The fourth-order valence-corrected chi connectivity index (χ4v) is 6.66. The number of phenolic OH excluding ortho intramolecular Hbond substituents is 1. The molecule has 4 atom stereocenters. The third kappa shape index (κ3) is 4.42. The van der Waals surface area contributed by atoms with Gasteiger partial charge in [0, 0.05) is 17.9 Å². The number of Topliss-reactive ketones (excluding diaryl/α,β-unsaturated/α-hetero) is 3. The van der Waals surface area contributed by atoms with Crippen LogP contribution in [0.3, 0.4) is 0 Å². The summed E-state index contributed by atoms with van der Waals surface area (Å²) in [5.74, 6) is -6.76. The summed E-state index contributed by atoms with van der Waals surface area (Å²) in [6, 6.07) is 0.690. The molecule has 0 aromatic heterocycles. The number of carbonyl (C=O) groups excluding carboxylic acids is 4. The van der Waals surface area contributed by atoms with Gasteiger partial charge < -0.3 is 31.1 Å². The molecular formula is C29H37N3O8. The van der Waals surface area contributed by atoms with E-state index >= 15 is 0 Å². The first-order chi connectivity index (χ1) is 18.7. The zero-order valence-corrected chi connectivity index (χ0v) is 23.4. The molecule has 3 aliphatic carbocycles. The molecule has 11 nitrogen and oxygen atoms in total. The van der Waals surface area contributed by atoms with E-state index in [2.05, 4.69) is 0 Å². The molecule has 1 fully saturated rings. The summed E-state index contributed by atoms with van der Waals surface area (Å²) in [5.41, 5.74) is 3.65. The van der Waals surface area contributed by atoms with Crippen LogP contribution in [0.2, 0.25) is 0 Å². The van der Waals surface area contributed by atoms with Gasteiger partial charge in [-0.05, 0) is 76.5 Å². The van der Waals surface area contributed by atoms with Gasteiger partial charge in [-0.25, -0.2) is 0 Å². The van der Waals surface area contributed by atoms with Crippen LogP contribution in [0.25, 0.3) is 5.76 Å². The first-order valence-electron chi connectivity index (χ1n) is 13.3. The highest BCUT2D eigenvalue weighted by Crippen LogP contribution is 2.53. The minimum atomic E-state index is -2.68. The van der Waals surface area contributed by atoms with E-state index in [1.165, 1.54) is 4.90 Å². The Hall–Kier alpha value is -3.54. The topological polar surface area (TPSA) is 182 Å². The van der Waals surface area contributed by atoms with E-state index in [0.29, 0.717) is 17.5 Å². The summed E-state index contributed by atoms with van der Waals surface area (Å²) in [6.07, 6.45) is 1.23. The van der Waals surface area contributed by atoms with Gasteiger partial charge in [-0.15, -0.1) is 0 Å². The molecule has 1 saturated carbocycles. The lowest BCUT2D eigenvalue weighted by atomic mass is 9.57. The minimum Gasteiger partial charge on any atom is -0.508 e. The fourth-order valence-electron chi connectivity index (χ4n) is 6.66. The predicted molar refractivity (Wildman–Crippen MR) is 146 cm³/mol. The number of aliphatic hydroxyl groups is 3. The Morgan fingerprint density at radius 1 is 1.10 bits per heavy atom. The number of aliphatic hydroxyl groups excluding tert-OH is 2. The minimum absolute atomic E-state index is 0.0201. The molecule has 1 aromatic carbocycles. The van der Waals surface area contributed by atoms with Crippen molar-refractivity contribution in [3.8, 4) is 5.75 Å². The van der Waals surface area contributed by atoms with Gasteiger partial charge in [0.05, 0.1) is 18.2 Å². The van der Waals surface area contributed by atoms with Crippen molar-refractivity contribution in [1.82, 2.24) is 9.80 Å². The van der Waals surface area contributed by atoms with Crippen molar-refractivity contribution in [1.29, 1.82) is 0 Å². The lowest BCUT2D eigenvalue weighted by molar-refractivity contribution is -0.153. The van der Waals surface area contributed by atoms with Gasteiger partial charge >= 0.3 is 0 Å². The molecule has 0 aliphatic heterocycles. The van der Waals surface area contributed by atoms with Gasteiger partial charge in [0.15, 0.2) is 11.4 Å². The van der Waals surface area contributed by atoms with Crippen LogP contribution in [0.5, 0.6) is 5.75 Å². The maximum Gasteiger partial charge on any atom is 0.255 e. The predicted octanol–water partition coefficient (Wildman–Crippen LogP) is 0.590. The van der Waals surface area contributed by atoms with Crippen molar-refractivity contribution in [3.63, 3.8) is 0 Å². The van der Waals surface area contributed by atoms with Crippen molar-refractivity contribution in [2.75, 3.05) is 34.7 Å². The van der Waals surface area contributed by atoms with Gasteiger partial charge in [0.25, 0.3) is 5.91 Å². The molecule has 3 aliphatic rings. The van der Waals surface area contributed by atoms with E-state index in [9.17, 15) is 39.6 Å². The third-order valence-electron chi connectivity index (χ3n) is 8.44. The first-order valence-corrected chi connectivity index (χ1v) is 13.3. The normalized spacial score (nSPS) is 26.2. The highest BCUT2D eigenvalue weighted by atomic mass is 16.3. The molecule has 216 valence electrons. The van der Waals surface area contributed by atoms with Gasteiger partial charge in [-0.3, -0.25) is 24.1 Å². The highest BCUT2D eigenvalue weighted by Gasteiger charge is 2.64. The molecule has 6 N–H and O–H groups in total. The number of primary amides is 1. The number of phenols is 1. The molecule has 1 amide bonds. The quantitative estimate of drug-likeness (QED) is 0.285. The Morgan fingerprint density at radius 2 is 1.75 bits per heavy atom. The molecule has 1 aromatic rings. The number of ketones is 3. The monoisotopic (exact) mass is 555 g/mol. The maximum atomic E-state index is 14.0. The van der Waals surface area contributed by atoms with Gasteiger partial charge in [-0.2, -0.15) is 0 Å². The van der Waals surface area contributed by atoms with Crippen LogP contribution in [-0.4, -0.2) is 99.9 Å². The number of nitrogens with two attached hydrogens (primary N) is 1. The molecule has 0 radical (unpaired) electrons. The zero-order chi connectivity index (χ0) is 29.8. The molecule has 0 bridgehead atoms. The number of hydrogen-bond acceptors (Lipinski definition) is 10. The third-order valence-corrected chi connectivity index (χ3v) is 8.44. The SMILES string of the molecule is CCc1cc(CCC(=O)CN(C)C)c(O)c2c1CC1CC3C(N(C)C)C(=O)C(C(N)=O)=C(O)C3(O)C(=O)C1=C2O. The second-order valence-corrected chi connectivity index (χ2v) is 11.5. The fraction of sp³-hybridized carbons (Fsp3) is 0.517. The number of amides is 1. The van der Waals surface area contributed by atoms with Crippen molar-refractivity contribution in [3.05, 3.63) is 45.2 Å². The smallest absolute Gasteiger partial charge is 0.255 e. The average Bonchev–Trinajstić information content (AvgIpc) is 2.85. The van der Waals surface area contributed by atoms with Crippen LogP contribution in [-0.2, 0) is 38.4 Å². The molecule has 40 heavy (non-hydrogen) atoms. The summed E-state index contributed by atoms with van der Waals surface area (Å²) in [5, 5.41) is 45.4.